The summed E-state index contributed by atoms with van der Waals surface area (Å²) in [5.74, 6) is 6.21. The van der Waals surface area contributed by atoms with Gasteiger partial charge in [0.15, 0.2) is 0 Å². The normalized spacial score (nSPS) is 13.8. The summed E-state index contributed by atoms with van der Waals surface area (Å²) in [5, 5.41) is 1.70. The Balaban J connectivity index is 1.64. The molecular weight excluding hydrogens is 506 g/mol. The van der Waals surface area contributed by atoms with Gasteiger partial charge in [0, 0.05) is 17.0 Å². The predicted molar refractivity (Wildman–Crippen MR) is 164 cm³/mol. The highest BCUT2D eigenvalue weighted by Gasteiger charge is 2.33. The fourth-order valence-electron chi connectivity index (χ4n) is 5.89. The molecule has 6 aromatic carbocycles. The first-order chi connectivity index (χ1) is 20.2. The first-order valence-electron chi connectivity index (χ1n) is 13.6. The molecule has 1 aliphatic carbocycles. The van der Waals surface area contributed by atoms with Gasteiger partial charge in [0.05, 0.1) is 0 Å². The highest BCUT2D eigenvalue weighted by atomic mass is 19.1. The molecule has 0 N–H and O–H groups in total. The van der Waals surface area contributed by atoms with Crippen molar-refractivity contribution in [2.45, 2.75) is 5.92 Å². The Kier molecular flexibility index (Phi) is 6.26. The van der Waals surface area contributed by atoms with Crippen molar-refractivity contribution >= 4 is 16.3 Å². The minimum Gasteiger partial charge on any atom is -0.207 e. The van der Waals surface area contributed by atoms with E-state index in [0.29, 0.717) is 0 Å². The quantitative estimate of drug-likeness (QED) is 0.200. The van der Waals surface area contributed by atoms with E-state index >= 15 is 0 Å². The van der Waals surface area contributed by atoms with Gasteiger partial charge in [-0.25, -0.2) is 8.78 Å². The van der Waals surface area contributed by atoms with Crippen LogP contribution in [0.4, 0.5) is 8.78 Å². The molecule has 0 heterocycles. The maximum atomic E-state index is 15.0. The standard InChI is InChI=1S/C39H24F2/c40-30-19-17-28(18-20-30)35-25-34(27-12-6-2-7-13-27)38-33(22-16-26-10-4-1-5-11-26)32-23-21-31(41)24-36(32)37(39(35)38)29-14-8-3-9-15-29/h1-15,17-21,23-25,34H. The van der Waals surface area contributed by atoms with Gasteiger partial charge in [-0.3, -0.25) is 0 Å². The number of hydrogen-bond donors (Lipinski definition) is 0. The summed E-state index contributed by atoms with van der Waals surface area (Å²) < 4.78 is 29.0. The van der Waals surface area contributed by atoms with E-state index in [4.69, 9.17) is 0 Å². The summed E-state index contributed by atoms with van der Waals surface area (Å²) in [6, 6.07) is 42.0. The van der Waals surface area contributed by atoms with Gasteiger partial charge in [0.1, 0.15) is 11.6 Å². The first kappa shape index (κ1) is 24.8. The van der Waals surface area contributed by atoms with Crippen LogP contribution in [0.3, 0.4) is 0 Å². The smallest absolute Gasteiger partial charge is 0.123 e. The second kappa shape index (κ2) is 10.4. The van der Waals surface area contributed by atoms with Gasteiger partial charge in [-0.1, -0.05) is 115 Å². The second-order valence-corrected chi connectivity index (χ2v) is 10.2. The highest BCUT2D eigenvalue weighted by molar-refractivity contribution is 6.10. The summed E-state index contributed by atoms with van der Waals surface area (Å²) in [5.41, 5.74) is 8.84. The van der Waals surface area contributed by atoms with Crippen molar-refractivity contribution in [3.63, 3.8) is 0 Å². The molecule has 1 unspecified atom stereocenters. The van der Waals surface area contributed by atoms with Crippen LogP contribution in [0, 0.1) is 23.5 Å². The van der Waals surface area contributed by atoms with Crippen molar-refractivity contribution in [3.8, 4) is 23.0 Å². The number of fused-ring (bicyclic) bond motifs is 2. The van der Waals surface area contributed by atoms with E-state index in [-0.39, 0.29) is 17.6 Å². The van der Waals surface area contributed by atoms with Crippen LogP contribution in [0.2, 0.25) is 0 Å². The molecule has 41 heavy (non-hydrogen) atoms. The molecule has 0 saturated carbocycles. The van der Waals surface area contributed by atoms with Crippen molar-refractivity contribution in [3.05, 3.63) is 185 Å². The molecule has 6 aromatic rings. The van der Waals surface area contributed by atoms with E-state index < -0.39 is 0 Å². The third-order valence-corrected chi connectivity index (χ3v) is 7.70. The van der Waals surface area contributed by atoms with Gasteiger partial charge < -0.3 is 0 Å². The Morgan fingerprint density at radius 3 is 1.85 bits per heavy atom. The lowest BCUT2D eigenvalue weighted by atomic mass is 9.81. The van der Waals surface area contributed by atoms with Crippen LogP contribution in [0.5, 0.6) is 0 Å². The van der Waals surface area contributed by atoms with Crippen LogP contribution in [0.25, 0.3) is 27.5 Å². The first-order valence-corrected chi connectivity index (χ1v) is 13.6. The minimum absolute atomic E-state index is 0.0942. The van der Waals surface area contributed by atoms with Crippen LogP contribution in [-0.4, -0.2) is 0 Å². The van der Waals surface area contributed by atoms with Crippen LogP contribution in [-0.2, 0) is 0 Å². The van der Waals surface area contributed by atoms with Gasteiger partial charge in [0.2, 0.25) is 0 Å². The molecule has 1 atom stereocenters. The Bertz CT molecular complexity index is 1980. The van der Waals surface area contributed by atoms with E-state index in [9.17, 15) is 8.78 Å². The Morgan fingerprint density at radius 1 is 0.512 bits per heavy atom. The fourth-order valence-corrected chi connectivity index (χ4v) is 5.89. The summed E-state index contributed by atoms with van der Waals surface area (Å²) in [6.45, 7) is 0. The summed E-state index contributed by atoms with van der Waals surface area (Å²) >= 11 is 0. The molecule has 0 bridgehead atoms. The van der Waals surface area contributed by atoms with E-state index in [2.05, 4.69) is 42.2 Å². The zero-order chi connectivity index (χ0) is 27.8. The molecule has 7 rings (SSSR count). The zero-order valence-corrected chi connectivity index (χ0v) is 22.1. The lowest BCUT2D eigenvalue weighted by Crippen LogP contribution is -2.03. The van der Waals surface area contributed by atoms with Crippen molar-refractivity contribution in [1.29, 1.82) is 0 Å². The van der Waals surface area contributed by atoms with E-state index in [1.165, 1.54) is 18.2 Å². The number of allylic oxidation sites excluding steroid dienone is 1. The van der Waals surface area contributed by atoms with Gasteiger partial charge in [0.25, 0.3) is 0 Å². The molecule has 0 nitrogen and oxygen atoms in total. The molecule has 0 saturated heterocycles. The molecule has 0 spiro atoms. The van der Waals surface area contributed by atoms with Gasteiger partial charge in [-0.05, 0) is 86.1 Å². The SMILES string of the molecule is Fc1ccc(C2=CC(c3ccccc3)c3c2c(-c2ccccc2)c2cc(F)ccc2c3C#Cc2ccccc2)cc1. The second-order valence-electron chi connectivity index (χ2n) is 10.2. The minimum atomic E-state index is -0.304. The van der Waals surface area contributed by atoms with Crippen LogP contribution < -0.4 is 0 Å². The monoisotopic (exact) mass is 530 g/mol. The fraction of sp³-hybridized carbons (Fsp3) is 0.0256. The Morgan fingerprint density at radius 2 is 1.15 bits per heavy atom. The number of hydrogen-bond acceptors (Lipinski definition) is 0. The van der Waals surface area contributed by atoms with E-state index in [1.54, 1.807) is 6.07 Å². The van der Waals surface area contributed by atoms with Crippen LogP contribution >= 0.6 is 0 Å². The average molecular weight is 531 g/mol. The lowest BCUT2D eigenvalue weighted by Gasteiger charge is -2.21. The van der Waals surface area contributed by atoms with Crippen LogP contribution in [0.1, 0.15) is 39.3 Å². The van der Waals surface area contributed by atoms with Gasteiger partial charge in [-0.2, -0.15) is 0 Å². The molecule has 0 radical (unpaired) electrons. The summed E-state index contributed by atoms with van der Waals surface area (Å²) in [6.07, 6.45) is 2.25. The van der Waals surface area contributed by atoms with E-state index in [0.717, 1.165) is 60.9 Å². The topological polar surface area (TPSA) is 0 Å². The van der Waals surface area contributed by atoms with Crippen molar-refractivity contribution in [2.24, 2.45) is 0 Å². The molecule has 0 amide bonds. The molecule has 0 aromatic heterocycles. The van der Waals surface area contributed by atoms with Crippen molar-refractivity contribution in [2.75, 3.05) is 0 Å². The Hall–Kier alpha value is -5.26. The molecule has 0 fully saturated rings. The highest BCUT2D eigenvalue weighted by Crippen LogP contribution is 2.51. The molecular formula is C39H24F2. The number of rotatable bonds is 3. The zero-order valence-electron chi connectivity index (χ0n) is 22.1. The third-order valence-electron chi connectivity index (χ3n) is 7.70. The molecule has 194 valence electrons. The molecule has 0 aliphatic heterocycles. The van der Waals surface area contributed by atoms with Gasteiger partial charge >= 0.3 is 0 Å². The average Bonchev–Trinajstić information content (AvgIpc) is 3.41. The summed E-state index contributed by atoms with van der Waals surface area (Å²) in [7, 11) is 0. The number of benzene rings is 6. The maximum absolute atomic E-state index is 15.0. The van der Waals surface area contributed by atoms with Crippen molar-refractivity contribution in [1.82, 2.24) is 0 Å². The predicted octanol–water partition coefficient (Wildman–Crippen LogP) is 9.76. The van der Waals surface area contributed by atoms with Crippen LogP contribution in [0.15, 0.2) is 140 Å². The third kappa shape index (κ3) is 4.52. The summed E-state index contributed by atoms with van der Waals surface area (Å²) in [4.78, 5) is 0. The number of halogens is 2. The largest absolute Gasteiger partial charge is 0.207 e. The maximum Gasteiger partial charge on any atom is 0.123 e. The van der Waals surface area contributed by atoms with Gasteiger partial charge in [-0.15, -0.1) is 0 Å². The van der Waals surface area contributed by atoms with Crippen molar-refractivity contribution < 1.29 is 8.78 Å². The Labute approximate surface area is 238 Å². The lowest BCUT2D eigenvalue weighted by molar-refractivity contribution is 0.627. The van der Waals surface area contributed by atoms with E-state index in [1.807, 2.05) is 84.9 Å². The molecule has 1 aliphatic rings. The molecule has 2 heteroatoms.